The first-order valence-electron chi connectivity index (χ1n) is 6.98. The third-order valence-corrected chi connectivity index (χ3v) is 3.05. The maximum atomic E-state index is 13.0. The molecule has 10 nitrogen and oxygen atoms in total. The average molecular weight is 385 g/mol. The number of nitro benzene ring substituents is 1. The fourth-order valence-electron chi connectivity index (χ4n) is 1.88. The SMILES string of the molecule is Nc1nccnc1C(=O)OCC(=O)Nc1ccc([N+](=O)[O-])cc1C(F)(F)F. The topological polar surface area (TPSA) is 150 Å². The van der Waals surface area contributed by atoms with Gasteiger partial charge in [-0.1, -0.05) is 0 Å². The summed E-state index contributed by atoms with van der Waals surface area (Å²) < 4.78 is 43.7. The lowest BCUT2D eigenvalue weighted by Gasteiger charge is -2.13. The predicted molar refractivity (Wildman–Crippen MR) is 83.5 cm³/mol. The van der Waals surface area contributed by atoms with Gasteiger partial charge in [-0.3, -0.25) is 14.9 Å². The lowest BCUT2D eigenvalue weighted by molar-refractivity contribution is -0.385. The quantitative estimate of drug-likeness (QED) is 0.449. The van der Waals surface area contributed by atoms with Crippen molar-refractivity contribution in [1.29, 1.82) is 0 Å². The molecule has 13 heteroatoms. The van der Waals surface area contributed by atoms with Crippen LogP contribution in [0.4, 0.5) is 30.4 Å². The lowest BCUT2D eigenvalue weighted by atomic mass is 10.1. The molecule has 0 aliphatic heterocycles. The number of ether oxygens (including phenoxy) is 1. The van der Waals surface area contributed by atoms with Crippen molar-refractivity contribution in [2.45, 2.75) is 6.18 Å². The first-order chi connectivity index (χ1) is 12.6. The average Bonchev–Trinajstić information content (AvgIpc) is 2.59. The molecule has 0 unspecified atom stereocenters. The first-order valence-corrected chi connectivity index (χ1v) is 6.98. The van der Waals surface area contributed by atoms with Crippen molar-refractivity contribution in [2.24, 2.45) is 0 Å². The Morgan fingerprint density at radius 3 is 2.52 bits per heavy atom. The van der Waals surface area contributed by atoms with E-state index in [-0.39, 0.29) is 17.6 Å². The van der Waals surface area contributed by atoms with Crippen molar-refractivity contribution in [2.75, 3.05) is 17.7 Å². The van der Waals surface area contributed by atoms with Gasteiger partial charge in [0, 0.05) is 24.5 Å². The van der Waals surface area contributed by atoms with Gasteiger partial charge in [0.25, 0.3) is 11.6 Å². The number of nitrogens with one attached hydrogen (secondary N) is 1. The van der Waals surface area contributed by atoms with Crippen molar-refractivity contribution < 1.29 is 32.4 Å². The molecule has 1 amide bonds. The molecular weight excluding hydrogens is 375 g/mol. The summed E-state index contributed by atoms with van der Waals surface area (Å²) in [5, 5.41) is 12.5. The van der Waals surface area contributed by atoms with E-state index >= 15 is 0 Å². The number of non-ortho nitro benzene ring substituents is 1. The van der Waals surface area contributed by atoms with Crippen LogP contribution in [0.5, 0.6) is 0 Å². The fraction of sp³-hybridized carbons (Fsp3) is 0.143. The molecule has 2 rings (SSSR count). The van der Waals surface area contributed by atoms with E-state index in [1.807, 2.05) is 5.32 Å². The third-order valence-electron chi connectivity index (χ3n) is 3.05. The standard InChI is InChI=1S/C14H10F3N5O5/c15-14(16,17)8-5-7(22(25)26)1-2-9(8)21-10(23)6-27-13(24)11-12(18)20-4-3-19-11/h1-5H,6H2,(H2,18,20)(H,21,23). The predicted octanol–water partition coefficient (Wildman–Crippen LogP) is 1.78. The molecule has 0 radical (unpaired) electrons. The van der Waals surface area contributed by atoms with E-state index in [0.717, 1.165) is 18.3 Å². The van der Waals surface area contributed by atoms with E-state index in [0.29, 0.717) is 0 Å². The Morgan fingerprint density at radius 1 is 1.26 bits per heavy atom. The molecule has 0 bridgehead atoms. The van der Waals surface area contributed by atoms with Crippen LogP contribution in [0, 0.1) is 10.1 Å². The first kappa shape index (κ1) is 19.6. The maximum absolute atomic E-state index is 13.0. The Bertz CT molecular complexity index is 903. The van der Waals surface area contributed by atoms with Crippen LogP contribution in [0.15, 0.2) is 30.6 Å². The lowest BCUT2D eigenvalue weighted by Crippen LogP contribution is -2.23. The number of aromatic nitrogens is 2. The minimum atomic E-state index is -4.96. The summed E-state index contributed by atoms with van der Waals surface area (Å²) in [6.45, 7) is -0.941. The summed E-state index contributed by atoms with van der Waals surface area (Å²) in [4.78, 5) is 40.3. The Labute approximate surface area is 148 Å². The highest BCUT2D eigenvalue weighted by Crippen LogP contribution is 2.37. The molecule has 1 aromatic carbocycles. The number of carbonyl (C=O) groups excluding carboxylic acids is 2. The second-order valence-corrected chi connectivity index (χ2v) is 4.90. The van der Waals surface area contributed by atoms with E-state index in [4.69, 9.17) is 5.73 Å². The van der Waals surface area contributed by atoms with Gasteiger partial charge in [-0.2, -0.15) is 13.2 Å². The highest BCUT2D eigenvalue weighted by molar-refractivity contribution is 5.96. The molecule has 3 N–H and O–H groups in total. The van der Waals surface area contributed by atoms with Gasteiger partial charge in [0.2, 0.25) is 0 Å². The Hall–Kier alpha value is -3.77. The Morgan fingerprint density at radius 2 is 1.93 bits per heavy atom. The number of nitro groups is 1. The zero-order valence-corrected chi connectivity index (χ0v) is 13.2. The van der Waals surface area contributed by atoms with Crippen molar-refractivity contribution in [3.05, 3.63) is 52.0 Å². The molecule has 27 heavy (non-hydrogen) atoms. The summed E-state index contributed by atoms with van der Waals surface area (Å²) in [7, 11) is 0. The van der Waals surface area contributed by atoms with E-state index in [2.05, 4.69) is 14.7 Å². The molecule has 0 saturated heterocycles. The highest BCUT2D eigenvalue weighted by Gasteiger charge is 2.35. The molecule has 142 valence electrons. The molecule has 0 aliphatic rings. The summed E-state index contributed by atoms with van der Waals surface area (Å²) in [6, 6.07) is 1.79. The number of rotatable bonds is 5. The number of nitrogen functional groups attached to an aromatic ring is 1. The number of nitrogens with two attached hydrogens (primary N) is 1. The van der Waals surface area contributed by atoms with Crippen LogP contribution < -0.4 is 11.1 Å². The molecule has 1 aromatic heterocycles. The van der Waals surface area contributed by atoms with Crippen LogP contribution in [0.3, 0.4) is 0 Å². The van der Waals surface area contributed by atoms with Gasteiger partial charge in [-0.05, 0) is 6.07 Å². The minimum absolute atomic E-state index is 0.252. The van der Waals surface area contributed by atoms with Crippen molar-refractivity contribution in [3.63, 3.8) is 0 Å². The maximum Gasteiger partial charge on any atom is 0.418 e. The number of benzene rings is 1. The second kappa shape index (κ2) is 7.63. The van der Waals surface area contributed by atoms with Crippen LogP contribution in [0.2, 0.25) is 0 Å². The largest absolute Gasteiger partial charge is 0.451 e. The normalized spacial score (nSPS) is 10.9. The van der Waals surface area contributed by atoms with E-state index in [9.17, 15) is 32.9 Å². The number of halogens is 3. The van der Waals surface area contributed by atoms with Crippen LogP contribution >= 0.6 is 0 Å². The summed E-state index contributed by atoms with van der Waals surface area (Å²) in [5.74, 6) is -2.46. The second-order valence-electron chi connectivity index (χ2n) is 4.90. The molecule has 0 spiro atoms. The number of anilines is 2. The number of alkyl halides is 3. The fourth-order valence-corrected chi connectivity index (χ4v) is 1.88. The highest BCUT2D eigenvalue weighted by atomic mass is 19.4. The molecule has 0 saturated carbocycles. The van der Waals surface area contributed by atoms with Crippen molar-refractivity contribution >= 4 is 29.1 Å². The number of nitrogens with zero attached hydrogens (tertiary/aromatic N) is 3. The van der Waals surface area contributed by atoms with Crippen LogP contribution in [0.1, 0.15) is 16.1 Å². The third kappa shape index (κ3) is 4.87. The molecule has 2 aromatic rings. The van der Waals surface area contributed by atoms with E-state index in [1.54, 1.807) is 0 Å². The summed E-state index contributed by atoms with van der Waals surface area (Å²) in [5.41, 5.74) is 2.09. The smallest absolute Gasteiger partial charge is 0.418 e. The van der Waals surface area contributed by atoms with Crippen molar-refractivity contribution in [1.82, 2.24) is 9.97 Å². The number of esters is 1. The van der Waals surface area contributed by atoms with Gasteiger partial charge in [0.15, 0.2) is 18.1 Å². The van der Waals surface area contributed by atoms with Crippen LogP contribution in [-0.4, -0.2) is 33.4 Å². The zero-order valence-electron chi connectivity index (χ0n) is 13.2. The van der Waals surface area contributed by atoms with E-state index < -0.39 is 46.5 Å². The number of carbonyl (C=O) groups is 2. The molecule has 0 atom stereocenters. The van der Waals surface area contributed by atoms with Crippen LogP contribution in [0.25, 0.3) is 0 Å². The molecule has 0 aliphatic carbocycles. The van der Waals surface area contributed by atoms with Gasteiger partial charge >= 0.3 is 12.1 Å². The van der Waals surface area contributed by atoms with Crippen molar-refractivity contribution in [3.8, 4) is 0 Å². The molecule has 1 heterocycles. The number of hydrogen-bond donors (Lipinski definition) is 2. The van der Waals surface area contributed by atoms with Gasteiger partial charge in [-0.15, -0.1) is 0 Å². The Balaban J connectivity index is 2.10. The molecule has 0 fully saturated rings. The van der Waals surface area contributed by atoms with Gasteiger partial charge in [0.1, 0.15) is 0 Å². The Kier molecular flexibility index (Phi) is 5.53. The number of hydrogen-bond acceptors (Lipinski definition) is 8. The number of amides is 1. The van der Waals surface area contributed by atoms with E-state index in [1.165, 1.54) is 6.20 Å². The van der Waals surface area contributed by atoms with Gasteiger partial charge in [0.05, 0.1) is 16.2 Å². The molecular formula is C14H10F3N5O5. The van der Waals surface area contributed by atoms with Crippen LogP contribution in [-0.2, 0) is 15.7 Å². The monoisotopic (exact) mass is 385 g/mol. The van der Waals surface area contributed by atoms with Gasteiger partial charge < -0.3 is 15.8 Å². The zero-order chi connectivity index (χ0) is 20.2. The summed E-state index contributed by atoms with van der Waals surface area (Å²) in [6.07, 6.45) is -2.59. The summed E-state index contributed by atoms with van der Waals surface area (Å²) >= 11 is 0. The minimum Gasteiger partial charge on any atom is -0.451 e. The van der Waals surface area contributed by atoms with Gasteiger partial charge in [-0.25, -0.2) is 14.8 Å².